The molecular formula is C72H68N44O3. The quantitative estimate of drug-likeness (QED) is 0.0341. The van der Waals surface area contributed by atoms with Gasteiger partial charge in [0, 0.05) is 72.8 Å². The van der Waals surface area contributed by atoms with Gasteiger partial charge in [0.05, 0.1) is 72.0 Å². The number of esters is 1. The molecular weight excluding hydrogens is 1530 g/mol. The number of nitrogens with one attached hydrogen (secondary N) is 4. The number of carbonyl (C=O) groups excluding carboxylic acids is 2. The number of ether oxygens (including phenoxy) is 1. The van der Waals surface area contributed by atoms with E-state index in [0.717, 1.165) is 28.5 Å². The average Bonchev–Trinajstić information content (AvgIpc) is 1.62. The van der Waals surface area contributed by atoms with Crippen LogP contribution in [0, 0.1) is 48.1 Å². The summed E-state index contributed by atoms with van der Waals surface area (Å²) in [6, 6.07) is 17.8. The maximum Gasteiger partial charge on any atom is 0.343 e. The molecule has 0 aliphatic heterocycles. The molecule has 0 saturated heterocycles. The SMILES string of the molecule is COC(=O)c1cnn(-c2ncccn2)c1N=Nc1c(C)[nH]n2nc(C)nc12.Cc1nc2c(N=Nc3c(-c4ccccn4)cnn3-c3ncccn3)c(C)[nH]n2n1.Cc1nc2c(N=Nc3c(C(N)=O)cnn3-c3ncccn3)c(C(C)(C)C)[nH]n2n1.[C-]#[N+]c1c(-c2ccccn2)nn(-c2ncccn2)c1N=Nc1c(C(C)(C)C)[nH]n2nc(C)nc12. The predicted octanol–water partition coefficient (Wildman–Crippen LogP) is 11.8. The van der Waals surface area contributed by atoms with Crippen molar-refractivity contribution in [1.29, 1.82) is 0 Å². The van der Waals surface area contributed by atoms with Gasteiger partial charge in [0.15, 0.2) is 46.0 Å². The molecule has 0 aliphatic carbocycles. The molecule has 18 rings (SSSR count). The zero-order valence-corrected chi connectivity index (χ0v) is 65.5. The van der Waals surface area contributed by atoms with E-state index in [2.05, 4.69) is 197 Å². The summed E-state index contributed by atoms with van der Waals surface area (Å²) in [5.41, 5.74) is 15.1. The molecule has 18 aromatic rings. The number of aromatic amines is 4. The Balaban J connectivity index is 0.000000124. The highest BCUT2D eigenvalue weighted by Crippen LogP contribution is 2.43. The Morgan fingerprint density at radius 3 is 1.17 bits per heavy atom. The van der Waals surface area contributed by atoms with Crippen LogP contribution in [0.2, 0.25) is 0 Å². The lowest BCUT2D eigenvalue weighted by molar-refractivity contribution is 0.0601. The number of pyridine rings is 2. The normalized spacial score (nSPS) is 11.9. The first-order chi connectivity index (χ1) is 57.4. The molecule has 0 radical (unpaired) electrons. The molecule has 18 aromatic heterocycles. The van der Waals surface area contributed by atoms with Crippen LogP contribution in [-0.4, -0.2) is 187 Å². The lowest BCUT2D eigenvalue weighted by Gasteiger charge is -2.16. The van der Waals surface area contributed by atoms with Crippen molar-refractivity contribution in [3.63, 3.8) is 0 Å². The van der Waals surface area contributed by atoms with Crippen molar-refractivity contribution < 1.29 is 14.3 Å². The second-order valence-corrected chi connectivity index (χ2v) is 27.6. The van der Waals surface area contributed by atoms with E-state index in [1.807, 2.05) is 65.8 Å². The molecule has 0 aromatic carbocycles. The zero-order valence-electron chi connectivity index (χ0n) is 65.5. The Bertz CT molecular complexity index is 6820. The molecule has 594 valence electrons. The number of carbonyl (C=O) groups is 2. The molecule has 0 atom stereocenters. The molecule has 47 heteroatoms. The third-order valence-electron chi connectivity index (χ3n) is 17.0. The Kier molecular flexibility index (Phi) is 21.0. The Hall–Kier alpha value is -17.0. The molecule has 6 N–H and O–H groups in total. The highest BCUT2D eigenvalue weighted by atomic mass is 16.5. The van der Waals surface area contributed by atoms with Crippen LogP contribution >= 0.6 is 0 Å². The number of fused-ring (bicyclic) bond motifs is 4. The largest absolute Gasteiger partial charge is 0.465 e. The minimum absolute atomic E-state index is 0.0997. The molecule has 0 aliphatic rings. The van der Waals surface area contributed by atoms with Gasteiger partial charge in [0.25, 0.3) is 35.4 Å². The number of rotatable bonds is 16. The van der Waals surface area contributed by atoms with Crippen LogP contribution in [0.4, 0.5) is 51.7 Å². The summed E-state index contributed by atoms with van der Waals surface area (Å²) in [6.07, 6.45) is 20.4. The van der Waals surface area contributed by atoms with Gasteiger partial charge in [-0.1, -0.05) is 53.7 Å². The number of hydrogen-bond donors (Lipinski definition) is 5. The lowest BCUT2D eigenvalue weighted by Crippen LogP contribution is -2.12. The first-order valence-corrected chi connectivity index (χ1v) is 35.9. The van der Waals surface area contributed by atoms with Crippen molar-refractivity contribution in [3.05, 3.63) is 210 Å². The van der Waals surface area contributed by atoms with E-state index in [1.54, 1.807) is 139 Å². The molecule has 119 heavy (non-hydrogen) atoms. The zero-order chi connectivity index (χ0) is 83.4. The van der Waals surface area contributed by atoms with Crippen LogP contribution < -0.4 is 5.73 Å². The monoisotopic (exact) mass is 1600 g/mol. The summed E-state index contributed by atoms with van der Waals surface area (Å²) in [5, 5.41) is 82.1. The molecule has 0 bridgehead atoms. The van der Waals surface area contributed by atoms with E-state index < -0.39 is 11.9 Å². The summed E-state index contributed by atoms with van der Waals surface area (Å²) in [7, 11) is 1.28. The van der Waals surface area contributed by atoms with Gasteiger partial charge in [0.1, 0.15) is 40.1 Å². The van der Waals surface area contributed by atoms with Crippen molar-refractivity contribution in [1.82, 2.24) is 168 Å². The average molecular weight is 1600 g/mol. The van der Waals surface area contributed by atoms with Crippen LogP contribution in [0.3, 0.4) is 0 Å². The van der Waals surface area contributed by atoms with Crippen LogP contribution in [0.15, 0.2) is 182 Å². The number of nitrogens with zero attached hydrogens (tertiary/aromatic N) is 39. The molecule has 1 amide bonds. The van der Waals surface area contributed by atoms with Crippen molar-refractivity contribution in [2.45, 2.75) is 93.9 Å². The van der Waals surface area contributed by atoms with Crippen LogP contribution in [-0.2, 0) is 15.6 Å². The fraction of sp³-hybridized carbons (Fsp3) is 0.208. The number of nitrogens with two attached hydrogens (primary N) is 1. The number of amides is 1. The lowest BCUT2D eigenvalue weighted by atomic mass is 9.91. The van der Waals surface area contributed by atoms with Gasteiger partial charge >= 0.3 is 5.97 Å². The van der Waals surface area contributed by atoms with E-state index in [1.165, 1.54) is 42.9 Å². The van der Waals surface area contributed by atoms with Gasteiger partial charge in [-0.2, -0.15) is 57.6 Å². The number of aryl methyl sites for hydroxylation is 6. The second-order valence-electron chi connectivity index (χ2n) is 27.6. The topological polar surface area (TPSA) is 557 Å². The van der Waals surface area contributed by atoms with Gasteiger partial charge in [-0.15, -0.1) is 61.3 Å². The summed E-state index contributed by atoms with van der Waals surface area (Å²) in [6.45, 7) is 31.0. The van der Waals surface area contributed by atoms with Gasteiger partial charge < -0.3 is 10.5 Å². The first-order valence-electron chi connectivity index (χ1n) is 35.9. The summed E-state index contributed by atoms with van der Waals surface area (Å²) < 4.78 is 16.6. The third kappa shape index (κ3) is 15.8. The fourth-order valence-corrected chi connectivity index (χ4v) is 11.6. The van der Waals surface area contributed by atoms with Crippen molar-refractivity contribution in [2.24, 2.45) is 46.6 Å². The molecule has 0 fully saturated rings. The maximum atomic E-state index is 12.1. The van der Waals surface area contributed by atoms with Crippen LogP contribution in [0.25, 0.3) is 73.9 Å². The number of methoxy groups -OCH3 is 1. The Morgan fingerprint density at radius 2 is 0.765 bits per heavy atom. The summed E-state index contributed by atoms with van der Waals surface area (Å²) in [4.78, 5) is 87.6. The number of primary amides is 1. The molecule has 0 unspecified atom stereocenters. The highest BCUT2D eigenvalue weighted by Gasteiger charge is 2.31. The summed E-state index contributed by atoms with van der Waals surface area (Å²) >= 11 is 0. The van der Waals surface area contributed by atoms with Gasteiger partial charge in [-0.3, -0.25) is 35.2 Å². The predicted molar refractivity (Wildman–Crippen MR) is 421 cm³/mol. The number of H-pyrrole nitrogens is 4. The van der Waals surface area contributed by atoms with E-state index in [0.29, 0.717) is 97.4 Å². The smallest absolute Gasteiger partial charge is 0.343 e. The Morgan fingerprint density at radius 1 is 0.412 bits per heavy atom. The fourth-order valence-electron chi connectivity index (χ4n) is 11.6. The number of hydrogen-bond acceptors (Lipinski definition) is 33. The van der Waals surface area contributed by atoms with Crippen molar-refractivity contribution in [2.75, 3.05) is 7.11 Å². The molecule has 47 nitrogen and oxygen atoms in total. The molecule has 0 saturated carbocycles. The highest BCUT2D eigenvalue weighted by molar-refractivity contribution is 5.97. The third-order valence-corrected chi connectivity index (χ3v) is 17.0. The van der Waals surface area contributed by atoms with Gasteiger partial charge in [-0.25, -0.2) is 69.4 Å². The first kappa shape index (κ1) is 77.3. The van der Waals surface area contributed by atoms with Crippen molar-refractivity contribution in [3.8, 4) is 46.4 Å². The minimum Gasteiger partial charge on any atom is -0.465 e. The van der Waals surface area contributed by atoms with E-state index >= 15 is 0 Å². The van der Waals surface area contributed by atoms with Crippen molar-refractivity contribution >= 4 is 86.2 Å². The number of aromatic nitrogens is 34. The van der Waals surface area contributed by atoms with Crippen LogP contribution in [0.1, 0.15) is 108 Å². The Labute approximate surface area is 669 Å². The maximum absolute atomic E-state index is 12.1. The van der Waals surface area contributed by atoms with Gasteiger partial charge in [-0.05, 0) is 90.1 Å². The van der Waals surface area contributed by atoms with E-state index in [-0.39, 0.29) is 62.9 Å². The molecule has 0 spiro atoms. The van der Waals surface area contributed by atoms with E-state index in [4.69, 9.17) is 17.0 Å². The second kappa shape index (κ2) is 32.2. The molecule has 18 heterocycles. The standard InChI is InChI=1S/C22H20N12.C18H15N11.C17H19N11O.C15H14N10O2/c1-13-27-19-17(18(22(2,3)4)32-34(19)30-13)28-29-20-16(23-5)15(14-9-6-7-10-24-14)31-33(20)21-25-11-8-12-26-21;1-11-15(17-23-12(2)27-29(17)26-11)24-25-16-13(14-6-3-4-7-19-14)10-22-28(16)18-20-8-5-9-21-18;1-9-22-15-11(12(17(2,3)4)26-28(15)25-9)23-24-14-10(13(18)29)8-21-27(14)16-19-6-5-7-20-16;1-8-11(13-19-9(2)23-25(13)22-8)20-21-12-10(14(26)27-3)7-18-24(12)15-16-5-4-6-17-15/h6-12,32H,1-4H3;3-10,26H,1-2H3;5-8,26H,1-4H3,(H2,18,29);4-7,22H,1-3H3. The minimum atomic E-state index is -0.685. The van der Waals surface area contributed by atoms with Crippen LogP contribution in [0.5, 0.6) is 0 Å². The van der Waals surface area contributed by atoms with E-state index in [9.17, 15) is 9.59 Å². The van der Waals surface area contributed by atoms with Gasteiger partial charge in [0.2, 0.25) is 22.6 Å². The number of azo groups is 4. The summed E-state index contributed by atoms with van der Waals surface area (Å²) in [5.74, 6) is 3.20.